The number of hydrogen-bond donors (Lipinski definition) is 2. The highest BCUT2D eigenvalue weighted by molar-refractivity contribution is 7.99. The Bertz CT molecular complexity index is 1070. The van der Waals surface area contributed by atoms with Crippen molar-refractivity contribution in [1.29, 1.82) is 0 Å². The van der Waals surface area contributed by atoms with Gasteiger partial charge in [-0.15, -0.1) is 0 Å². The molecule has 0 aliphatic carbocycles. The van der Waals surface area contributed by atoms with Gasteiger partial charge in [-0.2, -0.15) is 0 Å². The molecule has 0 spiro atoms. The molecule has 3 aromatic rings. The van der Waals surface area contributed by atoms with Gasteiger partial charge >= 0.3 is 0 Å². The van der Waals surface area contributed by atoms with Gasteiger partial charge in [0.2, 0.25) is 5.91 Å². The Kier molecular flexibility index (Phi) is 8.26. The van der Waals surface area contributed by atoms with Crippen LogP contribution in [0, 0.1) is 5.92 Å². The molecule has 164 valence electrons. The summed E-state index contributed by atoms with van der Waals surface area (Å²) in [5.74, 6) is 0.491. The van der Waals surface area contributed by atoms with Crippen molar-refractivity contribution in [1.82, 2.24) is 14.9 Å². The number of thioether (sulfide) groups is 1. The van der Waals surface area contributed by atoms with Crippen molar-refractivity contribution in [3.05, 3.63) is 70.5 Å². The number of aliphatic hydroxyl groups is 1. The molecule has 0 saturated carbocycles. The van der Waals surface area contributed by atoms with Crippen LogP contribution in [0.4, 0.5) is 0 Å². The third kappa shape index (κ3) is 6.18. The maximum absolute atomic E-state index is 12.9. The number of carbonyl (C=O) groups excluding carboxylic acids is 1. The van der Waals surface area contributed by atoms with Crippen molar-refractivity contribution in [3.63, 3.8) is 0 Å². The van der Waals surface area contributed by atoms with Gasteiger partial charge in [-0.05, 0) is 36.5 Å². The molecule has 0 aliphatic rings. The summed E-state index contributed by atoms with van der Waals surface area (Å²) in [6.07, 6.45) is 1.29. The Morgan fingerprint density at radius 2 is 1.84 bits per heavy atom. The fourth-order valence-electron chi connectivity index (χ4n) is 3.49. The second-order valence-electron chi connectivity index (χ2n) is 7.89. The summed E-state index contributed by atoms with van der Waals surface area (Å²) in [6.45, 7) is 4.61. The van der Waals surface area contributed by atoms with Gasteiger partial charge in [-0.3, -0.25) is 14.2 Å². The molecule has 6 nitrogen and oxygen atoms in total. The number of benzene rings is 2. The molecule has 0 radical (unpaired) electrons. The van der Waals surface area contributed by atoms with E-state index in [4.69, 9.17) is 0 Å². The van der Waals surface area contributed by atoms with Crippen LogP contribution in [0.3, 0.4) is 0 Å². The summed E-state index contributed by atoms with van der Waals surface area (Å²) in [5, 5.41) is 13.4. The van der Waals surface area contributed by atoms with Crippen LogP contribution in [0.15, 0.2) is 64.5 Å². The summed E-state index contributed by atoms with van der Waals surface area (Å²) in [5.41, 5.74) is 1.54. The number of amides is 1. The number of para-hydroxylation sites is 1. The van der Waals surface area contributed by atoms with Crippen LogP contribution < -0.4 is 10.9 Å². The quantitative estimate of drug-likeness (QED) is 0.371. The zero-order chi connectivity index (χ0) is 22.2. The Morgan fingerprint density at radius 1 is 1.13 bits per heavy atom. The molecule has 1 unspecified atom stereocenters. The van der Waals surface area contributed by atoms with E-state index in [1.807, 2.05) is 36.4 Å². The minimum atomic E-state index is -0.149. The molecule has 2 aromatic carbocycles. The van der Waals surface area contributed by atoms with E-state index in [0.29, 0.717) is 34.9 Å². The van der Waals surface area contributed by atoms with E-state index in [9.17, 15) is 14.7 Å². The standard InChI is InChI=1S/C24H29N3O3S/c1-17(2)15-21(18-9-4-3-5-10-18)25-22(29)16-31-24-26-20-12-7-6-11-19(20)23(30)27(24)13-8-14-28/h3-7,9-12,17,21,28H,8,13-16H2,1-2H3,(H,25,29). The van der Waals surface area contributed by atoms with Gasteiger partial charge in [0.1, 0.15) is 0 Å². The Balaban J connectivity index is 1.77. The van der Waals surface area contributed by atoms with Gasteiger partial charge in [0.05, 0.1) is 22.7 Å². The molecule has 0 saturated heterocycles. The fourth-order valence-corrected chi connectivity index (χ4v) is 4.32. The van der Waals surface area contributed by atoms with E-state index < -0.39 is 0 Å². The highest BCUT2D eigenvalue weighted by Crippen LogP contribution is 2.22. The monoisotopic (exact) mass is 439 g/mol. The SMILES string of the molecule is CC(C)CC(NC(=O)CSc1nc2ccccc2c(=O)n1CCCO)c1ccccc1. The number of rotatable bonds is 10. The minimum absolute atomic E-state index is 0.0161. The van der Waals surface area contributed by atoms with Crippen molar-refractivity contribution >= 4 is 28.6 Å². The summed E-state index contributed by atoms with van der Waals surface area (Å²) >= 11 is 1.25. The van der Waals surface area contributed by atoms with Gasteiger partial charge in [-0.1, -0.05) is 68.1 Å². The molecule has 3 rings (SSSR count). The average molecular weight is 440 g/mol. The molecule has 1 amide bonds. The Hall–Kier alpha value is -2.64. The van der Waals surface area contributed by atoms with Crippen LogP contribution in [0.25, 0.3) is 10.9 Å². The molecular weight excluding hydrogens is 410 g/mol. The van der Waals surface area contributed by atoms with E-state index in [2.05, 4.69) is 24.1 Å². The van der Waals surface area contributed by atoms with Crippen LogP contribution in [-0.4, -0.2) is 32.9 Å². The summed E-state index contributed by atoms with van der Waals surface area (Å²) in [4.78, 5) is 30.3. The largest absolute Gasteiger partial charge is 0.396 e. The lowest BCUT2D eigenvalue weighted by Gasteiger charge is -2.21. The number of fused-ring (bicyclic) bond motifs is 1. The van der Waals surface area contributed by atoms with Crippen molar-refractivity contribution in [2.75, 3.05) is 12.4 Å². The molecular formula is C24H29N3O3S. The first kappa shape index (κ1) is 23.0. The predicted molar refractivity (Wildman–Crippen MR) is 125 cm³/mol. The number of aromatic nitrogens is 2. The molecule has 0 fully saturated rings. The van der Waals surface area contributed by atoms with E-state index in [1.54, 1.807) is 22.8 Å². The minimum Gasteiger partial charge on any atom is -0.396 e. The lowest BCUT2D eigenvalue weighted by Crippen LogP contribution is -2.31. The smallest absolute Gasteiger partial charge is 0.262 e. The molecule has 31 heavy (non-hydrogen) atoms. The molecule has 1 heterocycles. The van der Waals surface area contributed by atoms with Gasteiger partial charge in [0, 0.05) is 13.2 Å². The summed E-state index contributed by atoms with van der Waals surface area (Å²) in [7, 11) is 0. The molecule has 1 aromatic heterocycles. The number of hydrogen-bond acceptors (Lipinski definition) is 5. The number of carbonyl (C=O) groups is 1. The fraction of sp³-hybridized carbons (Fsp3) is 0.375. The highest BCUT2D eigenvalue weighted by Gasteiger charge is 2.18. The summed E-state index contributed by atoms with van der Waals surface area (Å²) < 4.78 is 1.55. The van der Waals surface area contributed by atoms with Crippen LogP contribution in [-0.2, 0) is 11.3 Å². The zero-order valence-electron chi connectivity index (χ0n) is 18.0. The van der Waals surface area contributed by atoms with Crippen LogP contribution in [0.2, 0.25) is 0 Å². The Labute approximate surface area is 186 Å². The lowest BCUT2D eigenvalue weighted by molar-refractivity contribution is -0.119. The number of aliphatic hydroxyl groups excluding tert-OH is 1. The molecule has 0 aliphatic heterocycles. The van der Waals surface area contributed by atoms with Crippen molar-refractivity contribution in [2.24, 2.45) is 5.92 Å². The molecule has 0 bridgehead atoms. The average Bonchev–Trinajstić information content (AvgIpc) is 2.77. The maximum atomic E-state index is 12.9. The first-order valence-electron chi connectivity index (χ1n) is 10.6. The van der Waals surface area contributed by atoms with E-state index >= 15 is 0 Å². The van der Waals surface area contributed by atoms with Crippen molar-refractivity contribution in [2.45, 2.75) is 44.4 Å². The third-order valence-electron chi connectivity index (χ3n) is 4.94. The van der Waals surface area contributed by atoms with Gasteiger partial charge in [0.15, 0.2) is 5.16 Å². The predicted octanol–water partition coefficient (Wildman–Crippen LogP) is 3.77. The molecule has 2 N–H and O–H groups in total. The maximum Gasteiger partial charge on any atom is 0.262 e. The third-order valence-corrected chi connectivity index (χ3v) is 5.92. The van der Waals surface area contributed by atoms with Gasteiger partial charge in [-0.25, -0.2) is 4.98 Å². The first-order valence-corrected chi connectivity index (χ1v) is 11.6. The highest BCUT2D eigenvalue weighted by atomic mass is 32.2. The normalized spacial score (nSPS) is 12.3. The second-order valence-corrected chi connectivity index (χ2v) is 8.84. The van der Waals surface area contributed by atoms with Crippen LogP contribution in [0.5, 0.6) is 0 Å². The number of nitrogens with zero attached hydrogens (tertiary/aromatic N) is 2. The lowest BCUT2D eigenvalue weighted by atomic mass is 9.97. The Morgan fingerprint density at radius 3 is 2.55 bits per heavy atom. The molecule has 7 heteroatoms. The van der Waals surface area contributed by atoms with Crippen molar-refractivity contribution in [3.8, 4) is 0 Å². The summed E-state index contributed by atoms with van der Waals surface area (Å²) in [6, 6.07) is 17.1. The van der Waals surface area contributed by atoms with Crippen LogP contribution >= 0.6 is 11.8 Å². The first-order chi connectivity index (χ1) is 15.0. The van der Waals surface area contributed by atoms with Crippen molar-refractivity contribution < 1.29 is 9.90 Å². The van der Waals surface area contributed by atoms with E-state index in [1.165, 1.54) is 11.8 Å². The van der Waals surface area contributed by atoms with Gasteiger partial charge in [0.25, 0.3) is 5.56 Å². The topological polar surface area (TPSA) is 84.2 Å². The van der Waals surface area contributed by atoms with E-state index in [0.717, 1.165) is 12.0 Å². The molecule has 1 atom stereocenters. The van der Waals surface area contributed by atoms with E-state index in [-0.39, 0.29) is 29.9 Å². The van der Waals surface area contributed by atoms with Gasteiger partial charge < -0.3 is 10.4 Å². The zero-order valence-corrected chi connectivity index (χ0v) is 18.8. The second kappa shape index (κ2) is 11.1. The van der Waals surface area contributed by atoms with Crippen LogP contribution in [0.1, 0.15) is 38.3 Å². The number of nitrogens with one attached hydrogen (secondary N) is 1.